The van der Waals surface area contributed by atoms with Gasteiger partial charge in [-0.15, -0.1) is 0 Å². The molecule has 2 N–H and O–H groups in total. The summed E-state index contributed by atoms with van der Waals surface area (Å²) in [5.74, 6) is -1.04. The molecule has 1 heterocycles. The van der Waals surface area contributed by atoms with Gasteiger partial charge in [-0.1, -0.05) is 78.8 Å². The van der Waals surface area contributed by atoms with Gasteiger partial charge in [0.1, 0.15) is 18.2 Å². The molecule has 0 aliphatic rings. The highest BCUT2D eigenvalue weighted by Gasteiger charge is 2.37. The van der Waals surface area contributed by atoms with Crippen LogP contribution in [-0.4, -0.2) is 45.7 Å². The van der Waals surface area contributed by atoms with Crippen molar-refractivity contribution in [3.8, 4) is 11.1 Å². The van der Waals surface area contributed by atoms with Crippen LogP contribution in [0.4, 0.5) is 8.78 Å². The van der Waals surface area contributed by atoms with Crippen LogP contribution < -0.4 is 5.32 Å². The van der Waals surface area contributed by atoms with Crippen molar-refractivity contribution in [2.75, 3.05) is 13.2 Å². The number of aromatic nitrogens is 1. The van der Waals surface area contributed by atoms with Gasteiger partial charge < -0.3 is 19.9 Å². The fourth-order valence-corrected chi connectivity index (χ4v) is 5.42. The molecule has 3 rings (SSSR count). The molecule has 5 nitrogen and oxygen atoms in total. The van der Waals surface area contributed by atoms with E-state index in [4.69, 9.17) is 0 Å². The topological polar surface area (TPSA) is 57.5 Å². The van der Waals surface area contributed by atoms with Gasteiger partial charge in [0, 0.05) is 48.2 Å². The molecule has 0 fully saturated rings. The van der Waals surface area contributed by atoms with Crippen LogP contribution in [0, 0.1) is 23.0 Å². The fraction of sp³-hybridized carbons (Fsp3) is 0.485. The number of benzene rings is 2. The van der Waals surface area contributed by atoms with Gasteiger partial charge in [0.05, 0.1) is 6.04 Å². The molecular weight excluding hydrogens is 508 g/mol. The zero-order valence-electron chi connectivity index (χ0n) is 24.9. The summed E-state index contributed by atoms with van der Waals surface area (Å²) < 4.78 is 31.1. The fourth-order valence-electron chi connectivity index (χ4n) is 5.42. The lowest BCUT2D eigenvalue weighted by molar-refractivity contribution is -0.139. The Morgan fingerprint density at radius 2 is 1.70 bits per heavy atom. The summed E-state index contributed by atoms with van der Waals surface area (Å²) >= 11 is 0. The van der Waals surface area contributed by atoms with Crippen molar-refractivity contribution >= 4 is 5.91 Å². The minimum atomic E-state index is -0.610. The Balaban J connectivity index is 2.15. The van der Waals surface area contributed by atoms with Gasteiger partial charge in [-0.25, -0.2) is 8.78 Å². The molecule has 40 heavy (non-hydrogen) atoms. The number of carbonyl (C=O) groups excluding carboxylic acids is 1. The molecule has 2 atom stereocenters. The van der Waals surface area contributed by atoms with Gasteiger partial charge in [-0.2, -0.15) is 0 Å². The molecule has 0 spiro atoms. The van der Waals surface area contributed by atoms with Crippen LogP contribution in [0.1, 0.15) is 72.2 Å². The zero-order valence-corrected chi connectivity index (χ0v) is 24.9. The minimum absolute atomic E-state index is 0.168. The molecule has 0 radical (unpaired) electrons. The number of carbonyl (C=O) groups is 1. The number of nitrogens with zero attached hydrogens (tertiary/aromatic N) is 2. The molecule has 2 aromatic carbocycles. The van der Waals surface area contributed by atoms with Crippen molar-refractivity contribution in [2.45, 2.75) is 79.6 Å². The molecule has 1 aromatic heterocycles. The van der Waals surface area contributed by atoms with E-state index in [1.54, 1.807) is 4.90 Å². The van der Waals surface area contributed by atoms with Crippen LogP contribution in [0.3, 0.4) is 0 Å². The summed E-state index contributed by atoms with van der Waals surface area (Å²) in [5, 5.41) is 13.6. The standard InChI is InChI=1S/C33H45F2N3O2/c1-22(2)29(36-23(3)4)15-16-38(31(40)21-39)32(33(5,6)7)30-17-25(27-18-26(34)13-14-28(27)35)20-37(30)19-24-11-9-8-10-12-24/h8-14,17-18,20,22-23,29,32,36,39H,15-16,19,21H2,1-7H3. The van der Waals surface area contributed by atoms with Gasteiger partial charge >= 0.3 is 0 Å². The molecule has 3 aromatic rings. The maximum absolute atomic E-state index is 14.9. The van der Waals surface area contributed by atoms with E-state index < -0.39 is 29.7 Å². The SMILES string of the molecule is CC(C)NC(CCN(C(=O)CO)C(c1cc(-c2cc(F)ccc2F)cn1Cc1ccccc1)C(C)(C)C)C(C)C. The van der Waals surface area contributed by atoms with Crippen molar-refractivity contribution < 1.29 is 18.7 Å². The van der Waals surface area contributed by atoms with E-state index in [0.717, 1.165) is 23.4 Å². The van der Waals surface area contributed by atoms with E-state index in [1.165, 1.54) is 6.07 Å². The van der Waals surface area contributed by atoms with E-state index in [9.17, 15) is 18.7 Å². The smallest absolute Gasteiger partial charge is 0.248 e. The van der Waals surface area contributed by atoms with E-state index >= 15 is 0 Å². The molecule has 0 saturated heterocycles. The second kappa shape index (κ2) is 13.6. The quantitative estimate of drug-likeness (QED) is 0.259. The van der Waals surface area contributed by atoms with Crippen LogP contribution in [0.5, 0.6) is 0 Å². The van der Waals surface area contributed by atoms with Gasteiger partial charge in [0.2, 0.25) is 5.91 Å². The number of hydrogen-bond donors (Lipinski definition) is 2. The van der Waals surface area contributed by atoms with E-state index in [-0.39, 0.29) is 17.5 Å². The Labute approximate surface area is 238 Å². The average molecular weight is 554 g/mol. The molecule has 2 unspecified atom stereocenters. The number of hydrogen-bond acceptors (Lipinski definition) is 3. The number of nitrogens with one attached hydrogen (secondary N) is 1. The summed E-state index contributed by atoms with van der Waals surface area (Å²) in [6.07, 6.45) is 2.54. The van der Waals surface area contributed by atoms with Crippen molar-refractivity contribution in [2.24, 2.45) is 11.3 Å². The number of halogens is 2. The summed E-state index contributed by atoms with van der Waals surface area (Å²) in [4.78, 5) is 15.1. The minimum Gasteiger partial charge on any atom is -0.387 e. The first kappa shape index (κ1) is 31.5. The number of aliphatic hydroxyl groups excluding tert-OH is 1. The first-order chi connectivity index (χ1) is 18.8. The van der Waals surface area contributed by atoms with Crippen molar-refractivity contribution in [3.63, 3.8) is 0 Å². The largest absolute Gasteiger partial charge is 0.387 e. The predicted octanol–water partition coefficient (Wildman–Crippen LogP) is 6.80. The third-order valence-electron chi connectivity index (χ3n) is 7.27. The molecule has 1 amide bonds. The summed E-state index contributed by atoms with van der Waals surface area (Å²) in [6.45, 7) is 15.0. The van der Waals surface area contributed by atoms with Crippen LogP contribution in [0.15, 0.2) is 60.8 Å². The highest BCUT2D eigenvalue weighted by atomic mass is 19.1. The Morgan fingerprint density at radius 1 is 1.02 bits per heavy atom. The third-order valence-corrected chi connectivity index (χ3v) is 7.27. The maximum Gasteiger partial charge on any atom is 0.248 e. The van der Waals surface area contributed by atoms with Crippen LogP contribution in [-0.2, 0) is 11.3 Å². The highest BCUT2D eigenvalue weighted by Crippen LogP contribution is 2.41. The number of rotatable bonds is 12. The molecule has 0 aliphatic carbocycles. The van der Waals surface area contributed by atoms with Crippen LogP contribution in [0.2, 0.25) is 0 Å². The Bertz CT molecular complexity index is 1250. The molecular formula is C33H45F2N3O2. The molecule has 0 saturated carbocycles. The Hall–Kier alpha value is -3.03. The summed E-state index contributed by atoms with van der Waals surface area (Å²) in [5.41, 5.74) is 2.11. The first-order valence-electron chi connectivity index (χ1n) is 14.2. The van der Waals surface area contributed by atoms with Gasteiger partial charge in [-0.05, 0) is 47.6 Å². The van der Waals surface area contributed by atoms with Gasteiger partial charge in [-0.3, -0.25) is 4.79 Å². The molecule has 0 aliphatic heterocycles. The van der Waals surface area contributed by atoms with E-state index in [0.29, 0.717) is 37.0 Å². The van der Waals surface area contributed by atoms with E-state index in [1.807, 2.05) is 47.2 Å². The number of amides is 1. The third kappa shape index (κ3) is 8.01. The van der Waals surface area contributed by atoms with Crippen molar-refractivity contribution in [1.29, 1.82) is 0 Å². The normalized spacial score (nSPS) is 13.6. The molecule has 0 bridgehead atoms. The zero-order chi connectivity index (χ0) is 29.6. The molecule has 218 valence electrons. The lowest BCUT2D eigenvalue weighted by atomic mass is 9.82. The summed E-state index contributed by atoms with van der Waals surface area (Å²) in [6, 6.07) is 15.2. The lowest BCUT2D eigenvalue weighted by Crippen LogP contribution is -2.47. The monoisotopic (exact) mass is 553 g/mol. The van der Waals surface area contributed by atoms with Gasteiger partial charge in [0.15, 0.2) is 0 Å². The first-order valence-corrected chi connectivity index (χ1v) is 14.2. The van der Waals surface area contributed by atoms with E-state index in [2.05, 4.69) is 53.8 Å². The lowest BCUT2D eigenvalue weighted by Gasteiger charge is -2.41. The number of aliphatic hydroxyl groups is 1. The average Bonchev–Trinajstić information content (AvgIpc) is 3.28. The highest BCUT2D eigenvalue weighted by molar-refractivity contribution is 5.78. The van der Waals surface area contributed by atoms with Crippen LogP contribution in [0.25, 0.3) is 11.1 Å². The van der Waals surface area contributed by atoms with Crippen molar-refractivity contribution in [1.82, 2.24) is 14.8 Å². The maximum atomic E-state index is 14.9. The Morgan fingerprint density at radius 3 is 2.27 bits per heavy atom. The second-order valence-corrected chi connectivity index (χ2v) is 12.4. The molecule has 7 heteroatoms. The van der Waals surface area contributed by atoms with Gasteiger partial charge in [0.25, 0.3) is 0 Å². The van der Waals surface area contributed by atoms with Crippen LogP contribution >= 0.6 is 0 Å². The summed E-state index contributed by atoms with van der Waals surface area (Å²) in [7, 11) is 0. The second-order valence-electron chi connectivity index (χ2n) is 12.4. The Kier molecular flexibility index (Phi) is 10.7. The van der Waals surface area contributed by atoms with Crippen molar-refractivity contribution in [3.05, 3.63) is 83.7 Å². The predicted molar refractivity (Wildman–Crippen MR) is 158 cm³/mol.